The normalized spacial score (nSPS) is 18.2. The molecule has 2 aromatic rings. The molecule has 1 fully saturated rings. The van der Waals surface area contributed by atoms with E-state index < -0.39 is 0 Å². The highest BCUT2D eigenvalue weighted by molar-refractivity contribution is 5.74. The van der Waals surface area contributed by atoms with E-state index >= 15 is 0 Å². The van der Waals surface area contributed by atoms with Crippen LogP contribution in [0, 0.1) is 0 Å². The maximum Gasteiger partial charge on any atom is 0.0878 e. The Balaban J connectivity index is 1.78. The van der Waals surface area contributed by atoms with E-state index in [2.05, 4.69) is 16.0 Å². The zero-order valence-corrected chi connectivity index (χ0v) is 8.66. The lowest BCUT2D eigenvalue weighted by Crippen LogP contribution is -2.22. The minimum Gasteiger partial charge on any atom is -0.360 e. The third-order valence-corrected chi connectivity index (χ3v) is 3.26. The Kier molecular flexibility index (Phi) is 1.83. The molecule has 0 bridgehead atoms. The molecule has 3 rings (SSSR count). The molecule has 1 aliphatic carbocycles. The predicted octanol–water partition coefficient (Wildman–Crippen LogP) is 1.99. The van der Waals surface area contributed by atoms with Gasteiger partial charge >= 0.3 is 0 Å². The van der Waals surface area contributed by atoms with Crippen LogP contribution in [-0.2, 0) is 6.42 Å². The average Bonchev–Trinajstić information content (AvgIpc) is 2.80. The monoisotopic (exact) mass is 201 g/mol. The first-order valence-corrected chi connectivity index (χ1v) is 5.46. The Labute approximate surface area is 88.7 Å². The van der Waals surface area contributed by atoms with Gasteiger partial charge in [-0.25, -0.2) is 0 Å². The van der Waals surface area contributed by atoms with Crippen LogP contribution in [0.4, 0.5) is 0 Å². The zero-order valence-electron chi connectivity index (χ0n) is 8.66. The van der Waals surface area contributed by atoms with Crippen molar-refractivity contribution in [2.24, 2.45) is 5.73 Å². The van der Waals surface area contributed by atoms with Gasteiger partial charge in [0.05, 0.1) is 11.0 Å². The van der Waals surface area contributed by atoms with Gasteiger partial charge in [0, 0.05) is 17.9 Å². The maximum absolute atomic E-state index is 6.06. The molecule has 0 atom stereocenters. The van der Waals surface area contributed by atoms with Crippen LogP contribution in [-0.4, -0.2) is 15.5 Å². The van der Waals surface area contributed by atoms with E-state index in [1.165, 1.54) is 18.4 Å². The minimum absolute atomic E-state index is 0.144. The summed E-state index contributed by atoms with van der Waals surface area (Å²) in [6.45, 7) is 0. The first-order chi connectivity index (χ1) is 7.25. The van der Waals surface area contributed by atoms with Crippen LogP contribution in [0.5, 0.6) is 0 Å². The average molecular weight is 201 g/mol. The van der Waals surface area contributed by atoms with Gasteiger partial charge < -0.3 is 10.7 Å². The molecule has 3 heteroatoms. The van der Waals surface area contributed by atoms with Crippen molar-refractivity contribution in [1.29, 1.82) is 0 Å². The molecule has 2 heterocycles. The van der Waals surface area contributed by atoms with Gasteiger partial charge in [-0.3, -0.25) is 4.98 Å². The molecule has 1 aliphatic rings. The molecule has 1 saturated carbocycles. The SMILES string of the molecule is NC1(CCc2cnc3cc[nH]c3c2)CC1. The molecule has 0 unspecified atom stereocenters. The number of pyridine rings is 1. The lowest BCUT2D eigenvalue weighted by atomic mass is 10.1. The molecule has 3 N–H and O–H groups in total. The van der Waals surface area contributed by atoms with Crippen LogP contribution in [0.3, 0.4) is 0 Å². The number of rotatable bonds is 3. The standard InChI is InChI=1S/C12H15N3/c13-12(4-5-12)3-1-9-7-11-10(15-8-9)2-6-14-11/h2,6-8,14H,1,3-5,13H2. The van der Waals surface area contributed by atoms with Crippen molar-refractivity contribution < 1.29 is 0 Å². The molecule has 78 valence electrons. The Bertz CT molecular complexity index is 482. The molecule has 15 heavy (non-hydrogen) atoms. The summed E-state index contributed by atoms with van der Waals surface area (Å²) in [5.41, 5.74) is 9.64. The number of nitrogens with two attached hydrogens (primary N) is 1. The van der Waals surface area contributed by atoms with Gasteiger partial charge in [-0.05, 0) is 43.4 Å². The van der Waals surface area contributed by atoms with Crippen molar-refractivity contribution in [3.8, 4) is 0 Å². The van der Waals surface area contributed by atoms with Gasteiger partial charge in [-0.15, -0.1) is 0 Å². The Morgan fingerprint density at radius 3 is 3.13 bits per heavy atom. The second-order valence-electron chi connectivity index (χ2n) is 4.62. The van der Waals surface area contributed by atoms with Crippen molar-refractivity contribution in [1.82, 2.24) is 9.97 Å². The van der Waals surface area contributed by atoms with Gasteiger partial charge in [-0.2, -0.15) is 0 Å². The van der Waals surface area contributed by atoms with Gasteiger partial charge in [-0.1, -0.05) is 0 Å². The smallest absolute Gasteiger partial charge is 0.0878 e. The number of H-pyrrole nitrogens is 1. The fourth-order valence-corrected chi connectivity index (χ4v) is 1.92. The first kappa shape index (κ1) is 8.92. The minimum atomic E-state index is 0.144. The second kappa shape index (κ2) is 3.07. The third-order valence-electron chi connectivity index (χ3n) is 3.26. The highest BCUT2D eigenvalue weighted by atomic mass is 14.8. The zero-order chi connectivity index (χ0) is 10.3. The highest BCUT2D eigenvalue weighted by Crippen LogP contribution is 2.36. The van der Waals surface area contributed by atoms with Crippen LogP contribution in [0.25, 0.3) is 11.0 Å². The highest BCUT2D eigenvalue weighted by Gasteiger charge is 2.37. The molecule has 2 aromatic heterocycles. The summed E-state index contributed by atoms with van der Waals surface area (Å²) in [7, 11) is 0. The van der Waals surface area contributed by atoms with Crippen molar-refractivity contribution >= 4 is 11.0 Å². The van der Waals surface area contributed by atoms with E-state index in [1.807, 2.05) is 18.5 Å². The van der Waals surface area contributed by atoms with Crippen LogP contribution in [0.1, 0.15) is 24.8 Å². The van der Waals surface area contributed by atoms with E-state index in [0.29, 0.717) is 0 Å². The summed E-state index contributed by atoms with van der Waals surface area (Å²) in [5, 5.41) is 0. The first-order valence-electron chi connectivity index (χ1n) is 5.46. The van der Waals surface area contributed by atoms with Crippen LogP contribution < -0.4 is 5.73 Å². The van der Waals surface area contributed by atoms with Crippen molar-refractivity contribution in [3.05, 3.63) is 30.1 Å². The predicted molar refractivity (Wildman–Crippen MR) is 60.6 cm³/mol. The Morgan fingerprint density at radius 2 is 2.33 bits per heavy atom. The molecule has 3 nitrogen and oxygen atoms in total. The maximum atomic E-state index is 6.06. The molecule has 0 aromatic carbocycles. The second-order valence-corrected chi connectivity index (χ2v) is 4.62. The summed E-state index contributed by atoms with van der Waals surface area (Å²) in [6.07, 6.45) is 8.38. The van der Waals surface area contributed by atoms with E-state index in [4.69, 9.17) is 5.73 Å². The number of hydrogen-bond donors (Lipinski definition) is 2. The molecule has 0 aliphatic heterocycles. The van der Waals surface area contributed by atoms with Gasteiger partial charge in [0.25, 0.3) is 0 Å². The Morgan fingerprint density at radius 1 is 1.47 bits per heavy atom. The van der Waals surface area contributed by atoms with E-state index in [1.54, 1.807) is 0 Å². The summed E-state index contributed by atoms with van der Waals surface area (Å²) < 4.78 is 0. The summed E-state index contributed by atoms with van der Waals surface area (Å²) in [6, 6.07) is 4.17. The lowest BCUT2D eigenvalue weighted by Gasteiger charge is -2.07. The number of nitrogens with one attached hydrogen (secondary N) is 1. The third kappa shape index (κ3) is 1.75. The fraction of sp³-hybridized carbons (Fsp3) is 0.417. The van der Waals surface area contributed by atoms with Crippen LogP contribution in [0.2, 0.25) is 0 Å². The fourth-order valence-electron chi connectivity index (χ4n) is 1.92. The molecular formula is C12H15N3. The summed E-state index contributed by atoms with van der Waals surface area (Å²) in [4.78, 5) is 7.57. The lowest BCUT2D eigenvalue weighted by molar-refractivity contribution is 0.609. The van der Waals surface area contributed by atoms with Crippen molar-refractivity contribution in [2.45, 2.75) is 31.2 Å². The van der Waals surface area contributed by atoms with Crippen molar-refractivity contribution in [2.75, 3.05) is 0 Å². The number of hydrogen-bond acceptors (Lipinski definition) is 2. The summed E-state index contributed by atoms with van der Waals surface area (Å²) in [5.74, 6) is 0. The van der Waals surface area contributed by atoms with Crippen molar-refractivity contribution in [3.63, 3.8) is 0 Å². The Hall–Kier alpha value is -1.35. The molecular weight excluding hydrogens is 186 g/mol. The van der Waals surface area contributed by atoms with E-state index in [0.717, 1.165) is 23.9 Å². The van der Waals surface area contributed by atoms with Gasteiger partial charge in [0.15, 0.2) is 0 Å². The number of fused-ring (bicyclic) bond motifs is 1. The number of aromatic amines is 1. The number of aryl methyl sites for hydroxylation is 1. The van der Waals surface area contributed by atoms with Crippen LogP contribution in [0.15, 0.2) is 24.5 Å². The molecule has 0 saturated heterocycles. The van der Waals surface area contributed by atoms with E-state index in [9.17, 15) is 0 Å². The topological polar surface area (TPSA) is 54.7 Å². The largest absolute Gasteiger partial charge is 0.360 e. The number of aromatic nitrogens is 2. The van der Waals surface area contributed by atoms with Gasteiger partial charge in [0.2, 0.25) is 0 Å². The molecule has 0 radical (unpaired) electrons. The van der Waals surface area contributed by atoms with Crippen LogP contribution >= 0.6 is 0 Å². The quantitative estimate of drug-likeness (QED) is 0.797. The van der Waals surface area contributed by atoms with E-state index in [-0.39, 0.29) is 5.54 Å². The molecule has 0 amide bonds. The van der Waals surface area contributed by atoms with Gasteiger partial charge in [0.1, 0.15) is 0 Å². The number of nitrogens with zero attached hydrogens (tertiary/aromatic N) is 1. The molecule has 0 spiro atoms. The summed E-state index contributed by atoms with van der Waals surface area (Å²) >= 11 is 0.